The molecule has 404 valence electrons. The van der Waals surface area contributed by atoms with Gasteiger partial charge in [-0.25, -0.2) is 0 Å². The number of fused-ring (bicyclic) bond motifs is 7. The lowest BCUT2D eigenvalue weighted by Crippen LogP contribution is -2.69. The van der Waals surface area contributed by atoms with E-state index in [1.54, 1.807) is 0 Å². The molecule has 3 aliphatic heterocycles. The summed E-state index contributed by atoms with van der Waals surface area (Å²) in [5.41, 5.74) is 23.9. The molecule has 2 unspecified atom stereocenters. The van der Waals surface area contributed by atoms with Crippen LogP contribution in [-0.4, -0.2) is 12.3 Å². The number of hydrogen-bond acceptors (Lipinski definition) is 3. The third kappa shape index (κ3) is 8.01. The van der Waals surface area contributed by atoms with Crippen molar-refractivity contribution >= 4 is 68.6 Å². The standard InChI is InChI=1S/C74H90BN3/c1-66(2,3)48-27-33-53(34-28-48)76-61-38-32-51(69(10,11)12)43-58(61)75-57-35-29-52(70(13,14)15)44-62(57)77(59-36-30-49(67(4,5)6)41-55(59)47-25-23-22-24-26-47)64-46-54(45-63(76)65(64)75)78-60-37-31-50(68(7,8)9)42-56(60)73(20)71(16,17)39-40-72(18,19)74(73,78)21/h22-38,41-46H,39-40H2,1-21H3. The van der Waals surface area contributed by atoms with E-state index in [0.29, 0.717) is 0 Å². The van der Waals surface area contributed by atoms with Crippen molar-refractivity contribution in [1.29, 1.82) is 0 Å². The van der Waals surface area contributed by atoms with Gasteiger partial charge in [0, 0.05) is 50.8 Å². The van der Waals surface area contributed by atoms with Gasteiger partial charge in [0.2, 0.25) is 0 Å². The summed E-state index contributed by atoms with van der Waals surface area (Å²) in [5, 5.41) is 0. The van der Waals surface area contributed by atoms with E-state index in [1.807, 2.05) is 0 Å². The Kier molecular flexibility index (Phi) is 11.9. The van der Waals surface area contributed by atoms with E-state index in [-0.39, 0.29) is 55.6 Å². The van der Waals surface area contributed by atoms with Crippen LogP contribution in [0.15, 0.2) is 140 Å². The van der Waals surface area contributed by atoms with E-state index in [0.717, 1.165) is 12.8 Å². The zero-order valence-corrected chi connectivity index (χ0v) is 51.6. The van der Waals surface area contributed by atoms with Gasteiger partial charge in [-0.3, -0.25) is 0 Å². The Labute approximate surface area is 472 Å². The summed E-state index contributed by atoms with van der Waals surface area (Å²) in [6, 6.07) is 55.9. The Morgan fingerprint density at radius 1 is 0.372 bits per heavy atom. The minimum Gasteiger partial charge on any atom is -0.334 e. The minimum absolute atomic E-state index is 0.00308. The van der Waals surface area contributed by atoms with Gasteiger partial charge in [-0.15, -0.1) is 0 Å². The van der Waals surface area contributed by atoms with Crippen LogP contribution >= 0.6 is 0 Å². The fourth-order valence-electron chi connectivity index (χ4n) is 14.6. The van der Waals surface area contributed by atoms with Crippen molar-refractivity contribution in [3.05, 3.63) is 173 Å². The molecule has 1 fully saturated rings. The van der Waals surface area contributed by atoms with Crippen molar-refractivity contribution in [2.75, 3.05) is 14.7 Å². The second-order valence-electron chi connectivity index (χ2n) is 31.0. The Bertz CT molecular complexity index is 3520. The summed E-state index contributed by atoms with van der Waals surface area (Å²) in [5.74, 6) is 0. The van der Waals surface area contributed by atoms with Crippen molar-refractivity contribution in [3.8, 4) is 11.1 Å². The number of nitrogens with zero attached hydrogens (tertiary/aromatic N) is 3. The number of hydrogen-bond donors (Lipinski definition) is 0. The summed E-state index contributed by atoms with van der Waals surface area (Å²) < 4.78 is 0. The van der Waals surface area contributed by atoms with Crippen LogP contribution in [0.2, 0.25) is 0 Å². The first-order valence-electron chi connectivity index (χ1n) is 29.4. The molecular formula is C74H90BN3. The Hall–Kier alpha value is -6.00. The Morgan fingerprint density at radius 2 is 0.846 bits per heavy atom. The maximum Gasteiger partial charge on any atom is 0.252 e. The molecule has 4 heteroatoms. The number of benzene rings is 7. The van der Waals surface area contributed by atoms with Crippen LogP contribution in [0.1, 0.15) is 192 Å². The highest BCUT2D eigenvalue weighted by molar-refractivity contribution is 7.00. The molecule has 1 aliphatic carbocycles. The van der Waals surface area contributed by atoms with Crippen molar-refractivity contribution in [3.63, 3.8) is 0 Å². The number of anilines is 8. The van der Waals surface area contributed by atoms with Crippen LogP contribution in [0, 0.1) is 10.8 Å². The molecule has 1 saturated carbocycles. The molecule has 0 spiro atoms. The zero-order valence-electron chi connectivity index (χ0n) is 51.6. The van der Waals surface area contributed by atoms with Crippen LogP contribution in [0.4, 0.5) is 45.5 Å². The van der Waals surface area contributed by atoms with Gasteiger partial charge in [-0.05, 0) is 168 Å². The first kappa shape index (κ1) is 54.0. The molecule has 0 bridgehead atoms. The van der Waals surface area contributed by atoms with E-state index in [2.05, 4.69) is 300 Å². The zero-order chi connectivity index (χ0) is 56.5. The lowest BCUT2D eigenvalue weighted by atomic mass is 9.33. The summed E-state index contributed by atoms with van der Waals surface area (Å²) in [6.07, 6.45) is 2.30. The first-order chi connectivity index (χ1) is 36.1. The molecule has 0 N–H and O–H groups in total. The Balaban J connectivity index is 1.33. The first-order valence-corrected chi connectivity index (χ1v) is 29.4. The Morgan fingerprint density at radius 3 is 1.42 bits per heavy atom. The summed E-state index contributed by atoms with van der Waals surface area (Å²) in [7, 11) is 0. The van der Waals surface area contributed by atoms with Crippen LogP contribution in [0.5, 0.6) is 0 Å². The van der Waals surface area contributed by atoms with Crippen molar-refractivity contribution < 1.29 is 0 Å². The van der Waals surface area contributed by atoms with Gasteiger partial charge in [0.1, 0.15) is 0 Å². The van der Waals surface area contributed by atoms with E-state index in [1.165, 1.54) is 106 Å². The predicted molar refractivity (Wildman–Crippen MR) is 341 cm³/mol. The van der Waals surface area contributed by atoms with Crippen LogP contribution in [-0.2, 0) is 32.5 Å². The number of rotatable bonds is 4. The monoisotopic (exact) mass is 1030 g/mol. The largest absolute Gasteiger partial charge is 0.334 e. The van der Waals surface area contributed by atoms with Crippen LogP contribution < -0.4 is 31.1 Å². The molecule has 7 aromatic rings. The van der Waals surface area contributed by atoms with Gasteiger partial charge in [-0.1, -0.05) is 223 Å². The maximum atomic E-state index is 2.88. The van der Waals surface area contributed by atoms with Gasteiger partial charge in [0.05, 0.1) is 11.2 Å². The molecule has 0 aromatic heterocycles. The molecule has 0 radical (unpaired) electrons. The topological polar surface area (TPSA) is 9.72 Å². The molecule has 4 aliphatic rings. The highest BCUT2D eigenvalue weighted by Gasteiger charge is 2.70. The predicted octanol–water partition coefficient (Wildman–Crippen LogP) is 18.9. The van der Waals surface area contributed by atoms with E-state index in [4.69, 9.17) is 0 Å². The normalized spacial score (nSPS) is 20.5. The van der Waals surface area contributed by atoms with Gasteiger partial charge < -0.3 is 14.7 Å². The summed E-state index contributed by atoms with van der Waals surface area (Å²) in [6.45, 7) is 50.9. The lowest BCUT2D eigenvalue weighted by Gasteiger charge is -2.65. The molecule has 0 saturated heterocycles. The SMILES string of the molecule is CC(C)(C)c1ccc(N2c3ccc(C(C)(C)C)cc3B3c4ccc(C(C)(C)C)cc4N(c4ccc(C(C)(C)C)cc4-c4ccccc4)c4cc(N5c6ccc(C(C)(C)C)cc6C6(C)C(C)(C)CCC(C)(C)C56C)cc2c43)cc1. The van der Waals surface area contributed by atoms with Gasteiger partial charge in [0.15, 0.2) is 0 Å². The average molecular weight is 1030 g/mol. The summed E-state index contributed by atoms with van der Waals surface area (Å²) in [4.78, 5) is 8.24. The lowest BCUT2D eigenvalue weighted by molar-refractivity contribution is -0.0415. The average Bonchev–Trinajstić information content (AvgIpc) is 3.59. The highest BCUT2D eigenvalue weighted by Crippen LogP contribution is 2.72. The fraction of sp³-hybridized carbons (Fsp3) is 0.432. The molecule has 3 nitrogen and oxygen atoms in total. The molecule has 2 atom stereocenters. The highest BCUT2D eigenvalue weighted by atomic mass is 15.3. The molecule has 78 heavy (non-hydrogen) atoms. The molecule has 11 rings (SSSR count). The molecule has 7 aromatic carbocycles. The second-order valence-corrected chi connectivity index (χ2v) is 31.0. The third-order valence-electron chi connectivity index (χ3n) is 20.3. The third-order valence-corrected chi connectivity index (χ3v) is 20.3. The molecular weight excluding hydrogens is 942 g/mol. The quantitative estimate of drug-likeness (QED) is 0.163. The van der Waals surface area contributed by atoms with E-state index >= 15 is 0 Å². The van der Waals surface area contributed by atoms with E-state index < -0.39 is 0 Å². The van der Waals surface area contributed by atoms with Gasteiger partial charge in [0.25, 0.3) is 6.71 Å². The van der Waals surface area contributed by atoms with Crippen molar-refractivity contribution in [2.45, 2.75) is 196 Å². The summed E-state index contributed by atoms with van der Waals surface area (Å²) >= 11 is 0. The van der Waals surface area contributed by atoms with Crippen molar-refractivity contribution in [2.24, 2.45) is 10.8 Å². The van der Waals surface area contributed by atoms with Gasteiger partial charge >= 0.3 is 0 Å². The smallest absolute Gasteiger partial charge is 0.252 e. The van der Waals surface area contributed by atoms with Gasteiger partial charge in [-0.2, -0.15) is 0 Å². The van der Waals surface area contributed by atoms with E-state index in [9.17, 15) is 0 Å². The van der Waals surface area contributed by atoms with Crippen LogP contribution in [0.25, 0.3) is 11.1 Å². The fourth-order valence-corrected chi connectivity index (χ4v) is 14.6. The molecule has 0 amide bonds. The molecule has 3 heterocycles. The van der Waals surface area contributed by atoms with Crippen LogP contribution in [0.3, 0.4) is 0 Å². The second kappa shape index (κ2) is 17.3. The minimum atomic E-state index is -0.325. The van der Waals surface area contributed by atoms with Crippen molar-refractivity contribution in [1.82, 2.24) is 0 Å². The maximum absolute atomic E-state index is 2.88.